The lowest BCUT2D eigenvalue weighted by Gasteiger charge is -2.25. The molecule has 102 valence electrons. The van der Waals surface area contributed by atoms with Gasteiger partial charge in [0.1, 0.15) is 0 Å². The molecule has 0 saturated carbocycles. The van der Waals surface area contributed by atoms with Crippen LogP contribution in [0, 0.1) is 0 Å². The predicted molar refractivity (Wildman–Crippen MR) is 83.0 cm³/mol. The monoisotopic (exact) mass is 285 g/mol. The van der Waals surface area contributed by atoms with Gasteiger partial charge in [0, 0.05) is 36.0 Å². The molecule has 1 aromatic rings. The van der Waals surface area contributed by atoms with Crippen LogP contribution in [-0.2, 0) is 13.0 Å². The van der Waals surface area contributed by atoms with Gasteiger partial charge >= 0.3 is 0 Å². The van der Waals surface area contributed by atoms with Gasteiger partial charge in [-0.15, -0.1) is 11.3 Å². The molecule has 0 amide bonds. The van der Waals surface area contributed by atoms with Gasteiger partial charge in [-0.1, -0.05) is 20.3 Å². The molecule has 1 aliphatic rings. The summed E-state index contributed by atoms with van der Waals surface area (Å²) in [5.41, 5.74) is 1.32. The van der Waals surface area contributed by atoms with Gasteiger partial charge in [-0.3, -0.25) is 0 Å². The van der Waals surface area contributed by atoms with Gasteiger partial charge < -0.3 is 10.2 Å². The highest BCUT2D eigenvalue weighted by atomic mass is 32.2. The van der Waals surface area contributed by atoms with E-state index in [1.165, 1.54) is 33.6 Å². The zero-order chi connectivity index (χ0) is 12.8. The molecule has 1 aromatic heterocycles. The van der Waals surface area contributed by atoms with Crippen molar-refractivity contribution in [2.45, 2.75) is 33.2 Å². The van der Waals surface area contributed by atoms with E-state index in [9.17, 15) is 0 Å². The molecule has 0 aromatic carbocycles. The Hall–Kier alpha value is -0.260. The molecule has 3 nitrogen and oxygen atoms in total. The summed E-state index contributed by atoms with van der Waals surface area (Å²) >= 11 is 3.94. The van der Waals surface area contributed by atoms with Gasteiger partial charge in [-0.2, -0.15) is 11.8 Å². The molecule has 1 saturated heterocycles. The normalized spacial score (nSPS) is 16.2. The third-order valence-corrected chi connectivity index (χ3v) is 5.17. The van der Waals surface area contributed by atoms with Crippen molar-refractivity contribution in [2.75, 3.05) is 36.0 Å². The number of anilines is 1. The molecule has 1 aliphatic heterocycles. The largest absolute Gasteiger partial charge is 0.346 e. The van der Waals surface area contributed by atoms with E-state index in [1.807, 2.05) is 11.3 Å². The highest BCUT2D eigenvalue weighted by Gasteiger charge is 2.17. The molecular formula is C13H23N3S2. The van der Waals surface area contributed by atoms with Crippen LogP contribution in [0.4, 0.5) is 5.13 Å². The molecule has 5 heteroatoms. The first-order chi connectivity index (χ1) is 8.85. The van der Waals surface area contributed by atoms with Crippen LogP contribution in [0.3, 0.4) is 0 Å². The molecule has 1 N–H and O–H groups in total. The van der Waals surface area contributed by atoms with Gasteiger partial charge in [-0.05, 0) is 13.0 Å². The minimum Gasteiger partial charge on any atom is -0.346 e. The van der Waals surface area contributed by atoms with Crippen molar-refractivity contribution in [3.8, 4) is 0 Å². The van der Waals surface area contributed by atoms with E-state index < -0.39 is 0 Å². The Kier molecular flexibility index (Phi) is 5.79. The maximum atomic E-state index is 4.87. The summed E-state index contributed by atoms with van der Waals surface area (Å²) < 4.78 is 0. The van der Waals surface area contributed by atoms with Gasteiger partial charge in [0.2, 0.25) is 0 Å². The number of thiazole rings is 1. The zero-order valence-electron chi connectivity index (χ0n) is 11.4. The molecule has 2 heterocycles. The Labute approximate surface area is 118 Å². The first-order valence-corrected chi connectivity index (χ1v) is 8.84. The summed E-state index contributed by atoms with van der Waals surface area (Å²) in [5.74, 6) is 2.48. The van der Waals surface area contributed by atoms with Crippen molar-refractivity contribution in [3.05, 3.63) is 10.6 Å². The number of rotatable bonds is 6. The Bertz CT molecular complexity index is 359. The summed E-state index contributed by atoms with van der Waals surface area (Å²) in [6.45, 7) is 8.71. The summed E-state index contributed by atoms with van der Waals surface area (Å²) in [6.07, 6.45) is 2.29. The van der Waals surface area contributed by atoms with Gasteiger partial charge in [0.25, 0.3) is 0 Å². The van der Waals surface area contributed by atoms with Gasteiger partial charge in [0.15, 0.2) is 5.13 Å². The number of nitrogens with zero attached hydrogens (tertiary/aromatic N) is 2. The first kappa shape index (κ1) is 14.2. The average Bonchev–Trinajstić information content (AvgIpc) is 2.81. The standard InChI is InChI=1S/C13H23N3S2/c1-3-5-11-12(10-14-4-2)18-13(15-11)16-6-8-17-9-7-16/h14H,3-10H2,1-2H3. The van der Waals surface area contributed by atoms with E-state index in [4.69, 9.17) is 4.98 Å². The van der Waals surface area contributed by atoms with E-state index in [0.717, 1.165) is 32.6 Å². The maximum absolute atomic E-state index is 4.87. The Morgan fingerprint density at radius 3 is 2.72 bits per heavy atom. The van der Waals surface area contributed by atoms with Crippen LogP contribution in [0.25, 0.3) is 0 Å². The number of hydrogen-bond acceptors (Lipinski definition) is 5. The molecule has 0 unspecified atom stereocenters. The summed E-state index contributed by atoms with van der Waals surface area (Å²) in [4.78, 5) is 8.76. The summed E-state index contributed by atoms with van der Waals surface area (Å²) in [7, 11) is 0. The van der Waals surface area contributed by atoms with Crippen molar-refractivity contribution in [2.24, 2.45) is 0 Å². The third kappa shape index (κ3) is 3.62. The van der Waals surface area contributed by atoms with Crippen molar-refractivity contribution >= 4 is 28.2 Å². The lowest BCUT2D eigenvalue weighted by molar-refractivity contribution is 0.722. The summed E-state index contributed by atoms with van der Waals surface area (Å²) in [5, 5.41) is 4.67. The second-order valence-electron chi connectivity index (χ2n) is 4.50. The van der Waals surface area contributed by atoms with E-state index in [1.54, 1.807) is 0 Å². The molecule has 1 fully saturated rings. The number of aromatic nitrogens is 1. The molecule has 0 bridgehead atoms. The second-order valence-corrected chi connectivity index (χ2v) is 6.78. The quantitative estimate of drug-likeness (QED) is 0.870. The topological polar surface area (TPSA) is 28.2 Å². The first-order valence-electron chi connectivity index (χ1n) is 6.87. The van der Waals surface area contributed by atoms with E-state index >= 15 is 0 Å². The summed E-state index contributed by atoms with van der Waals surface area (Å²) in [6, 6.07) is 0. The maximum Gasteiger partial charge on any atom is 0.185 e. The number of nitrogens with one attached hydrogen (secondary N) is 1. The van der Waals surface area contributed by atoms with E-state index in [0.29, 0.717) is 0 Å². The molecule has 18 heavy (non-hydrogen) atoms. The predicted octanol–water partition coefficient (Wildman–Crippen LogP) is 2.76. The molecular weight excluding hydrogens is 262 g/mol. The molecule has 0 atom stereocenters. The number of hydrogen-bond donors (Lipinski definition) is 1. The van der Waals surface area contributed by atoms with Crippen LogP contribution < -0.4 is 10.2 Å². The van der Waals surface area contributed by atoms with Crippen LogP contribution in [0.5, 0.6) is 0 Å². The Morgan fingerprint density at radius 2 is 2.06 bits per heavy atom. The molecule has 2 rings (SSSR count). The molecule has 0 aliphatic carbocycles. The number of thioether (sulfide) groups is 1. The Balaban J connectivity index is 2.09. The van der Waals surface area contributed by atoms with Gasteiger partial charge in [0.05, 0.1) is 5.69 Å². The molecule has 0 spiro atoms. The van der Waals surface area contributed by atoms with E-state index in [-0.39, 0.29) is 0 Å². The van der Waals surface area contributed by atoms with Crippen molar-refractivity contribution < 1.29 is 0 Å². The lowest BCUT2D eigenvalue weighted by Crippen LogP contribution is -2.32. The fourth-order valence-electron chi connectivity index (χ4n) is 2.07. The second kappa shape index (κ2) is 7.36. The number of aryl methyl sites for hydroxylation is 1. The van der Waals surface area contributed by atoms with Gasteiger partial charge in [-0.25, -0.2) is 4.98 Å². The average molecular weight is 285 g/mol. The fourth-order valence-corrected chi connectivity index (χ4v) is 4.10. The fraction of sp³-hybridized carbons (Fsp3) is 0.769. The third-order valence-electron chi connectivity index (χ3n) is 3.07. The lowest BCUT2D eigenvalue weighted by atomic mass is 10.2. The minimum atomic E-state index is 0.978. The van der Waals surface area contributed by atoms with Crippen LogP contribution in [0.15, 0.2) is 0 Å². The highest BCUT2D eigenvalue weighted by molar-refractivity contribution is 7.99. The van der Waals surface area contributed by atoms with Crippen LogP contribution in [-0.4, -0.2) is 36.1 Å². The zero-order valence-corrected chi connectivity index (χ0v) is 13.0. The van der Waals surface area contributed by atoms with Crippen LogP contribution >= 0.6 is 23.1 Å². The highest BCUT2D eigenvalue weighted by Crippen LogP contribution is 2.29. The van der Waals surface area contributed by atoms with Crippen molar-refractivity contribution in [1.29, 1.82) is 0 Å². The van der Waals surface area contributed by atoms with E-state index in [2.05, 4.69) is 35.8 Å². The Morgan fingerprint density at radius 1 is 1.28 bits per heavy atom. The van der Waals surface area contributed by atoms with Crippen molar-refractivity contribution in [1.82, 2.24) is 10.3 Å². The SMILES string of the molecule is CCCc1nc(N2CCSCC2)sc1CNCC. The van der Waals surface area contributed by atoms with Crippen LogP contribution in [0.2, 0.25) is 0 Å². The van der Waals surface area contributed by atoms with Crippen LogP contribution in [0.1, 0.15) is 30.8 Å². The minimum absolute atomic E-state index is 0.978. The smallest absolute Gasteiger partial charge is 0.185 e. The molecule has 0 radical (unpaired) electrons. The van der Waals surface area contributed by atoms with Crippen molar-refractivity contribution in [3.63, 3.8) is 0 Å².